The fourth-order valence-electron chi connectivity index (χ4n) is 3.30. The molecule has 2 heterocycles. The molecule has 1 aromatic carbocycles. The lowest BCUT2D eigenvalue weighted by atomic mass is 10.0. The SMILES string of the molecule is CC1(C)CN(CC(=O)N2CCCCC2)c2ccc(N)cc2O1. The normalized spacial score (nSPS) is 20.3. The smallest absolute Gasteiger partial charge is 0.242 e. The molecule has 3 rings (SSSR count). The molecule has 2 aliphatic rings. The molecule has 0 bridgehead atoms. The molecule has 22 heavy (non-hydrogen) atoms. The number of nitrogens with two attached hydrogens (primary N) is 1. The van der Waals surface area contributed by atoms with Gasteiger partial charge in [-0.2, -0.15) is 0 Å². The fraction of sp³-hybridized carbons (Fsp3) is 0.588. The average Bonchev–Trinajstić information content (AvgIpc) is 2.46. The Labute approximate surface area is 132 Å². The van der Waals surface area contributed by atoms with E-state index >= 15 is 0 Å². The van der Waals surface area contributed by atoms with E-state index in [0.717, 1.165) is 37.4 Å². The zero-order chi connectivity index (χ0) is 15.7. The van der Waals surface area contributed by atoms with E-state index in [4.69, 9.17) is 10.5 Å². The van der Waals surface area contributed by atoms with E-state index < -0.39 is 0 Å². The van der Waals surface area contributed by atoms with Crippen LogP contribution in [0, 0.1) is 0 Å². The first kappa shape index (κ1) is 15.0. The van der Waals surface area contributed by atoms with E-state index in [-0.39, 0.29) is 11.5 Å². The third-order valence-electron chi connectivity index (χ3n) is 4.32. The molecule has 1 aromatic rings. The molecule has 0 saturated carbocycles. The Morgan fingerprint density at radius 1 is 1.27 bits per heavy atom. The van der Waals surface area contributed by atoms with Crippen molar-refractivity contribution in [3.63, 3.8) is 0 Å². The Balaban J connectivity index is 1.79. The number of fused-ring (bicyclic) bond motifs is 1. The van der Waals surface area contributed by atoms with Gasteiger partial charge in [-0.25, -0.2) is 0 Å². The molecule has 0 spiro atoms. The van der Waals surface area contributed by atoms with Crippen molar-refractivity contribution in [3.05, 3.63) is 18.2 Å². The van der Waals surface area contributed by atoms with Gasteiger partial charge < -0.3 is 20.3 Å². The number of benzene rings is 1. The summed E-state index contributed by atoms with van der Waals surface area (Å²) in [6, 6.07) is 5.65. The zero-order valence-corrected chi connectivity index (χ0v) is 13.5. The lowest BCUT2D eigenvalue weighted by Crippen LogP contribution is -2.51. The quantitative estimate of drug-likeness (QED) is 0.851. The van der Waals surface area contributed by atoms with Gasteiger partial charge in [0.1, 0.15) is 11.4 Å². The Morgan fingerprint density at radius 3 is 2.73 bits per heavy atom. The number of rotatable bonds is 2. The van der Waals surface area contributed by atoms with Crippen molar-refractivity contribution in [1.82, 2.24) is 4.90 Å². The van der Waals surface area contributed by atoms with Gasteiger partial charge in [-0.3, -0.25) is 4.79 Å². The van der Waals surface area contributed by atoms with Crippen molar-refractivity contribution in [1.29, 1.82) is 0 Å². The maximum absolute atomic E-state index is 12.6. The molecule has 0 atom stereocenters. The number of ether oxygens (including phenoxy) is 1. The minimum atomic E-state index is -0.330. The summed E-state index contributed by atoms with van der Waals surface area (Å²) >= 11 is 0. The van der Waals surface area contributed by atoms with E-state index in [0.29, 0.717) is 18.8 Å². The number of nitrogens with zero attached hydrogens (tertiary/aromatic N) is 2. The summed E-state index contributed by atoms with van der Waals surface area (Å²) in [6.45, 7) is 6.96. The van der Waals surface area contributed by atoms with E-state index in [1.807, 2.05) is 36.9 Å². The van der Waals surface area contributed by atoms with Crippen LogP contribution in [0.4, 0.5) is 11.4 Å². The van der Waals surface area contributed by atoms with Gasteiger partial charge >= 0.3 is 0 Å². The summed E-state index contributed by atoms with van der Waals surface area (Å²) in [7, 11) is 0. The van der Waals surface area contributed by atoms with Gasteiger partial charge in [0.15, 0.2) is 0 Å². The summed E-state index contributed by atoms with van der Waals surface area (Å²) in [5.41, 5.74) is 7.17. The van der Waals surface area contributed by atoms with Crippen molar-refractivity contribution in [2.45, 2.75) is 38.7 Å². The van der Waals surface area contributed by atoms with E-state index in [2.05, 4.69) is 4.90 Å². The van der Waals surface area contributed by atoms with Crippen molar-refractivity contribution >= 4 is 17.3 Å². The van der Waals surface area contributed by atoms with Crippen LogP contribution >= 0.6 is 0 Å². The Kier molecular flexibility index (Phi) is 3.89. The van der Waals surface area contributed by atoms with Crippen LogP contribution in [0.25, 0.3) is 0 Å². The summed E-state index contributed by atoms with van der Waals surface area (Å²) in [6.07, 6.45) is 3.47. The van der Waals surface area contributed by atoms with E-state index in [1.54, 1.807) is 0 Å². The van der Waals surface area contributed by atoms with Crippen molar-refractivity contribution < 1.29 is 9.53 Å². The molecule has 1 fully saturated rings. The lowest BCUT2D eigenvalue weighted by Gasteiger charge is -2.41. The number of hydrogen-bond donors (Lipinski definition) is 1. The highest BCUT2D eigenvalue weighted by molar-refractivity contribution is 5.83. The van der Waals surface area contributed by atoms with Gasteiger partial charge in [0, 0.05) is 24.8 Å². The number of hydrogen-bond acceptors (Lipinski definition) is 4. The Morgan fingerprint density at radius 2 is 2.00 bits per heavy atom. The number of nitrogen functional groups attached to an aromatic ring is 1. The van der Waals surface area contributed by atoms with Crippen LogP contribution in [0.2, 0.25) is 0 Å². The zero-order valence-electron chi connectivity index (χ0n) is 13.5. The predicted octanol–water partition coefficient (Wildman–Crippen LogP) is 2.26. The second-order valence-electron chi connectivity index (χ2n) is 6.89. The minimum absolute atomic E-state index is 0.208. The summed E-state index contributed by atoms with van der Waals surface area (Å²) in [4.78, 5) is 16.7. The topological polar surface area (TPSA) is 58.8 Å². The molecule has 5 heteroatoms. The van der Waals surface area contributed by atoms with Gasteiger partial charge in [-0.15, -0.1) is 0 Å². The molecule has 0 radical (unpaired) electrons. The first-order valence-electron chi connectivity index (χ1n) is 8.06. The fourth-order valence-corrected chi connectivity index (χ4v) is 3.30. The number of piperidine rings is 1. The van der Waals surface area contributed by atoms with Crippen molar-refractivity contribution in [2.24, 2.45) is 0 Å². The number of carbonyl (C=O) groups excluding carboxylic acids is 1. The molecule has 0 aromatic heterocycles. The molecule has 5 nitrogen and oxygen atoms in total. The third kappa shape index (κ3) is 3.13. The van der Waals surface area contributed by atoms with Gasteiger partial charge in [0.25, 0.3) is 0 Å². The van der Waals surface area contributed by atoms with Crippen LogP contribution in [-0.2, 0) is 4.79 Å². The predicted molar refractivity (Wildman–Crippen MR) is 88.2 cm³/mol. The first-order valence-corrected chi connectivity index (χ1v) is 8.06. The highest BCUT2D eigenvalue weighted by Gasteiger charge is 2.33. The third-order valence-corrected chi connectivity index (χ3v) is 4.32. The van der Waals surface area contributed by atoms with Gasteiger partial charge in [0.2, 0.25) is 5.91 Å². The molecule has 2 aliphatic heterocycles. The molecule has 0 unspecified atom stereocenters. The molecule has 2 N–H and O–H groups in total. The van der Waals surface area contributed by atoms with E-state index in [9.17, 15) is 4.79 Å². The molecule has 120 valence electrons. The number of likely N-dealkylation sites (tertiary alicyclic amines) is 1. The second kappa shape index (κ2) is 5.71. The first-order chi connectivity index (χ1) is 10.4. The minimum Gasteiger partial charge on any atom is -0.484 e. The monoisotopic (exact) mass is 303 g/mol. The summed E-state index contributed by atoms with van der Waals surface area (Å²) in [5.74, 6) is 0.975. The Bertz CT molecular complexity index is 565. The highest BCUT2D eigenvalue weighted by atomic mass is 16.5. The number of anilines is 2. The van der Waals surface area contributed by atoms with Crippen LogP contribution in [-0.4, -0.2) is 42.6 Å². The largest absolute Gasteiger partial charge is 0.484 e. The summed E-state index contributed by atoms with van der Waals surface area (Å²) in [5, 5.41) is 0. The van der Waals surface area contributed by atoms with Crippen LogP contribution in [0.3, 0.4) is 0 Å². The molecule has 1 amide bonds. The van der Waals surface area contributed by atoms with E-state index in [1.165, 1.54) is 6.42 Å². The molecular formula is C17H25N3O2. The van der Waals surface area contributed by atoms with Crippen LogP contribution < -0.4 is 15.4 Å². The maximum atomic E-state index is 12.6. The Hall–Kier alpha value is -1.91. The molecule has 0 aliphatic carbocycles. The molecular weight excluding hydrogens is 278 g/mol. The van der Waals surface area contributed by atoms with Gasteiger partial charge in [-0.05, 0) is 45.2 Å². The lowest BCUT2D eigenvalue weighted by molar-refractivity contribution is -0.130. The standard InChI is InChI=1S/C17H25N3O2/c1-17(2)12-20(11-16(21)19-8-4-3-5-9-19)14-7-6-13(18)10-15(14)22-17/h6-7,10H,3-5,8-9,11-12,18H2,1-2H3. The van der Waals surface area contributed by atoms with Crippen molar-refractivity contribution in [3.8, 4) is 5.75 Å². The van der Waals surface area contributed by atoms with Crippen LogP contribution in [0.5, 0.6) is 5.75 Å². The second-order valence-corrected chi connectivity index (χ2v) is 6.89. The van der Waals surface area contributed by atoms with Crippen molar-refractivity contribution in [2.75, 3.05) is 36.8 Å². The molecule has 1 saturated heterocycles. The number of carbonyl (C=O) groups is 1. The highest BCUT2D eigenvalue weighted by Crippen LogP contribution is 2.38. The number of amides is 1. The maximum Gasteiger partial charge on any atom is 0.242 e. The van der Waals surface area contributed by atoms with Crippen LogP contribution in [0.15, 0.2) is 18.2 Å². The average molecular weight is 303 g/mol. The van der Waals surface area contributed by atoms with Gasteiger partial charge in [-0.1, -0.05) is 0 Å². The summed E-state index contributed by atoms with van der Waals surface area (Å²) < 4.78 is 6.01. The van der Waals surface area contributed by atoms with Gasteiger partial charge in [0.05, 0.1) is 18.8 Å². The van der Waals surface area contributed by atoms with Crippen LogP contribution in [0.1, 0.15) is 33.1 Å².